The molecule has 0 aliphatic heterocycles. The standard InChI is InChI=1S/C41H42N2O5S/c1-40(2,3)48-39(45)43-37(42-34-23-15-25-36(29-34)47-35-24-14-16-30(28-35)38(44)46-4)26-27-49-41(31-17-8-5-9-18-31,32-19-10-6-11-20-32)33-21-12-7-13-22-33/h5-25,28-29,37,42H,26-27H2,1-4H3,(H,43,45)/t37-/m1/s1. The molecule has 0 saturated carbocycles. The molecule has 0 aromatic heterocycles. The van der Waals surface area contributed by atoms with Crippen LogP contribution in [0.1, 0.15) is 54.2 Å². The molecule has 49 heavy (non-hydrogen) atoms. The zero-order valence-corrected chi connectivity index (χ0v) is 29.0. The summed E-state index contributed by atoms with van der Waals surface area (Å²) in [5, 5.41) is 6.53. The Morgan fingerprint density at radius 3 is 1.76 bits per heavy atom. The van der Waals surface area contributed by atoms with Crippen LogP contribution in [0.2, 0.25) is 0 Å². The van der Waals surface area contributed by atoms with E-state index in [9.17, 15) is 9.59 Å². The molecule has 0 fully saturated rings. The van der Waals surface area contributed by atoms with Crippen molar-refractivity contribution in [2.45, 2.75) is 43.7 Å². The largest absolute Gasteiger partial charge is 0.465 e. The van der Waals surface area contributed by atoms with Crippen molar-refractivity contribution >= 4 is 29.5 Å². The first-order valence-electron chi connectivity index (χ1n) is 16.2. The summed E-state index contributed by atoms with van der Waals surface area (Å²) in [6, 6.07) is 45.9. The van der Waals surface area contributed by atoms with E-state index in [2.05, 4.69) is 83.4 Å². The van der Waals surface area contributed by atoms with Crippen LogP contribution in [0.5, 0.6) is 11.5 Å². The second-order valence-corrected chi connectivity index (χ2v) is 13.7. The maximum absolute atomic E-state index is 13.1. The van der Waals surface area contributed by atoms with Crippen molar-refractivity contribution in [3.05, 3.63) is 162 Å². The van der Waals surface area contributed by atoms with Gasteiger partial charge in [0, 0.05) is 11.8 Å². The minimum absolute atomic E-state index is 0.394. The van der Waals surface area contributed by atoms with Gasteiger partial charge >= 0.3 is 12.1 Å². The van der Waals surface area contributed by atoms with E-state index in [1.165, 1.54) is 23.8 Å². The third-order valence-corrected chi connectivity index (χ3v) is 9.20. The van der Waals surface area contributed by atoms with Crippen molar-refractivity contribution in [1.29, 1.82) is 0 Å². The van der Waals surface area contributed by atoms with Crippen molar-refractivity contribution < 1.29 is 23.8 Å². The Labute approximate surface area is 293 Å². The normalized spacial score (nSPS) is 12.0. The number of amides is 1. The molecule has 7 nitrogen and oxygen atoms in total. The van der Waals surface area contributed by atoms with E-state index in [4.69, 9.17) is 14.2 Å². The van der Waals surface area contributed by atoms with Crippen LogP contribution < -0.4 is 15.4 Å². The third-order valence-electron chi connectivity index (χ3n) is 7.62. The average molecular weight is 675 g/mol. The van der Waals surface area contributed by atoms with Gasteiger partial charge in [0.05, 0.1) is 17.4 Å². The van der Waals surface area contributed by atoms with Gasteiger partial charge in [0.15, 0.2) is 0 Å². The van der Waals surface area contributed by atoms with Gasteiger partial charge in [-0.2, -0.15) is 0 Å². The van der Waals surface area contributed by atoms with Crippen LogP contribution in [0.15, 0.2) is 140 Å². The number of nitrogens with one attached hydrogen (secondary N) is 2. The Kier molecular flexibility index (Phi) is 11.7. The summed E-state index contributed by atoms with van der Waals surface area (Å²) in [5.74, 6) is 1.31. The number of ether oxygens (including phenoxy) is 3. The number of carbonyl (C=O) groups excluding carboxylic acids is 2. The Balaban J connectivity index is 1.41. The van der Waals surface area contributed by atoms with Crippen LogP contribution in [0, 0.1) is 0 Å². The second-order valence-electron chi connectivity index (χ2n) is 12.4. The number of methoxy groups -OCH3 is 1. The Hall–Kier alpha value is -5.21. The highest BCUT2D eigenvalue weighted by Crippen LogP contribution is 2.48. The quantitative estimate of drug-likeness (QED) is 0.0731. The summed E-state index contributed by atoms with van der Waals surface area (Å²) in [4.78, 5) is 25.1. The molecule has 8 heteroatoms. The molecular formula is C41H42N2O5S. The van der Waals surface area contributed by atoms with Crippen LogP contribution in [-0.4, -0.2) is 36.7 Å². The smallest absolute Gasteiger partial charge is 0.409 e. The third kappa shape index (κ3) is 9.45. The van der Waals surface area contributed by atoms with Gasteiger partial charge in [-0.3, -0.25) is 0 Å². The van der Waals surface area contributed by atoms with Gasteiger partial charge in [-0.1, -0.05) is 103 Å². The number of rotatable bonds is 13. The van der Waals surface area contributed by atoms with Crippen molar-refractivity contribution in [2.75, 3.05) is 18.2 Å². The first-order chi connectivity index (χ1) is 23.7. The van der Waals surface area contributed by atoms with Crippen molar-refractivity contribution in [3.63, 3.8) is 0 Å². The maximum Gasteiger partial charge on any atom is 0.409 e. The minimum Gasteiger partial charge on any atom is -0.465 e. The van der Waals surface area contributed by atoms with Crippen LogP contribution in [0.3, 0.4) is 0 Å². The van der Waals surface area contributed by atoms with Gasteiger partial charge in [0.1, 0.15) is 23.3 Å². The SMILES string of the molecule is COC(=O)c1cccc(Oc2cccc(N[C@@H](CCSC(c3ccccc3)(c3ccccc3)c3ccccc3)NC(=O)OC(C)(C)C)c2)c1. The van der Waals surface area contributed by atoms with E-state index >= 15 is 0 Å². The fourth-order valence-electron chi connectivity index (χ4n) is 5.52. The van der Waals surface area contributed by atoms with Crippen LogP contribution >= 0.6 is 11.8 Å². The molecule has 0 heterocycles. The zero-order valence-electron chi connectivity index (χ0n) is 28.2. The molecule has 252 valence electrons. The molecular weight excluding hydrogens is 633 g/mol. The van der Waals surface area contributed by atoms with Gasteiger partial charge in [-0.05, 0) is 80.0 Å². The second kappa shape index (κ2) is 16.3. The Bertz CT molecular complexity index is 1710. The Morgan fingerprint density at radius 1 is 0.694 bits per heavy atom. The molecule has 5 aromatic rings. The number of thioether (sulfide) groups is 1. The zero-order chi connectivity index (χ0) is 34.7. The molecule has 0 aliphatic rings. The minimum atomic E-state index is -0.654. The fraction of sp³-hybridized carbons (Fsp3) is 0.220. The lowest BCUT2D eigenvalue weighted by atomic mass is 9.84. The molecule has 0 saturated heterocycles. The molecule has 1 atom stereocenters. The van der Waals surface area contributed by atoms with E-state index in [0.29, 0.717) is 29.2 Å². The first kappa shape index (κ1) is 35.1. The fourth-order valence-corrected chi connectivity index (χ4v) is 7.09. The van der Waals surface area contributed by atoms with Crippen LogP contribution in [-0.2, 0) is 14.2 Å². The molecule has 0 aliphatic carbocycles. The lowest BCUT2D eigenvalue weighted by Crippen LogP contribution is -2.43. The lowest BCUT2D eigenvalue weighted by Gasteiger charge is -2.36. The number of hydrogen-bond acceptors (Lipinski definition) is 7. The van der Waals surface area contributed by atoms with E-state index in [-0.39, 0.29) is 0 Å². The first-order valence-corrected chi connectivity index (χ1v) is 17.2. The van der Waals surface area contributed by atoms with E-state index in [1.54, 1.807) is 24.3 Å². The maximum atomic E-state index is 13.1. The number of benzene rings is 5. The highest BCUT2D eigenvalue weighted by molar-refractivity contribution is 8.00. The van der Waals surface area contributed by atoms with E-state index in [0.717, 1.165) is 5.69 Å². The van der Waals surface area contributed by atoms with Gasteiger partial charge in [0.2, 0.25) is 0 Å². The van der Waals surface area contributed by atoms with Gasteiger partial charge in [-0.15, -0.1) is 11.8 Å². The lowest BCUT2D eigenvalue weighted by molar-refractivity contribution is 0.0508. The molecule has 5 aromatic carbocycles. The van der Waals surface area contributed by atoms with Crippen molar-refractivity contribution in [2.24, 2.45) is 0 Å². The number of anilines is 1. The molecule has 0 unspecified atom stereocenters. The number of alkyl carbamates (subject to hydrolysis) is 1. The Morgan fingerprint density at radius 2 is 1.22 bits per heavy atom. The van der Waals surface area contributed by atoms with Gasteiger partial charge in [-0.25, -0.2) is 9.59 Å². The van der Waals surface area contributed by atoms with Crippen molar-refractivity contribution in [3.8, 4) is 11.5 Å². The number of hydrogen-bond donors (Lipinski definition) is 2. The molecule has 0 spiro atoms. The summed E-state index contributed by atoms with van der Waals surface area (Å²) in [7, 11) is 1.34. The van der Waals surface area contributed by atoms with Gasteiger partial charge < -0.3 is 24.8 Å². The summed E-state index contributed by atoms with van der Waals surface area (Å²) in [6.07, 6.45) is -0.410. The van der Waals surface area contributed by atoms with Crippen LogP contribution in [0.4, 0.5) is 10.5 Å². The molecule has 0 radical (unpaired) electrons. The van der Waals surface area contributed by atoms with Gasteiger partial charge in [0.25, 0.3) is 0 Å². The summed E-state index contributed by atoms with van der Waals surface area (Å²) < 4.78 is 16.1. The monoisotopic (exact) mass is 674 g/mol. The van der Waals surface area contributed by atoms with Crippen LogP contribution in [0.25, 0.3) is 0 Å². The average Bonchev–Trinajstić information content (AvgIpc) is 3.10. The predicted octanol–water partition coefficient (Wildman–Crippen LogP) is 9.64. The number of carbonyl (C=O) groups is 2. The molecule has 0 bridgehead atoms. The highest BCUT2D eigenvalue weighted by Gasteiger charge is 2.37. The number of esters is 1. The molecule has 1 amide bonds. The molecule has 5 rings (SSSR count). The topological polar surface area (TPSA) is 85.9 Å². The summed E-state index contributed by atoms with van der Waals surface area (Å²) in [5.41, 5.74) is 3.99. The van der Waals surface area contributed by atoms with E-state index in [1.807, 2.05) is 75.0 Å². The highest BCUT2D eigenvalue weighted by atomic mass is 32.2. The van der Waals surface area contributed by atoms with E-state index < -0.39 is 28.6 Å². The van der Waals surface area contributed by atoms with Crippen molar-refractivity contribution in [1.82, 2.24) is 5.32 Å². The molecule has 2 N–H and O–H groups in total. The summed E-state index contributed by atoms with van der Waals surface area (Å²) in [6.45, 7) is 5.53. The summed E-state index contributed by atoms with van der Waals surface area (Å²) >= 11 is 1.82. The predicted molar refractivity (Wildman–Crippen MR) is 197 cm³/mol.